The van der Waals surface area contributed by atoms with E-state index in [0.29, 0.717) is 35.6 Å². The first kappa shape index (κ1) is 19.2. The van der Waals surface area contributed by atoms with E-state index < -0.39 is 5.41 Å². The van der Waals surface area contributed by atoms with Gasteiger partial charge in [-0.15, -0.1) is 0 Å². The summed E-state index contributed by atoms with van der Waals surface area (Å²) in [6, 6.07) is 13.9. The highest BCUT2D eigenvalue weighted by Crippen LogP contribution is 2.36. The number of carbonyl (C=O) groups is 3. The molecule has 3 amide bonds. The molecule has 2 aromatic carbocycles. The predicted octanol–water partition coefficient (Wildman–Crippen LogP) is 4.42. The Bertz CT molecular complexity index is 1120. The minimum atomic E-state index is -0.728. The third kappa shape index (κ3) is 3.51. The van der Waals surface area contributed by atoms with E-state index in [1.165, 1.54) is 0 Å². The monoisotopic (exact) mass is 410 g/mol. The maximum absolute atomic E-state index is 12.5. The first-order valence-electron chi connectivity index (χ1n) is 9.36. The van der Waals surface area contributed by atoms with Crippen LogP contribution in [0.5, 0.6) is 0 Å². The Morgan fingerprint density at radius 3 is 2.62 bits per heavy atom. The van der Waals surface area contributed by atoms with Crippen LogP contribution in [0, 0.1) is 0 Å². The number of amides is 3. The average molecular weight is 411 g/mol. The van der Waals surface area contributed by atoms with Crippen LogP contribution in [0.4, 0.5) is 5.69 Å². The Hall–Kier alpha value is -3.12. The number of hydrogen-bond acceptors (Lipinski definition) is 4. The zero-order chi connectivity index (χ0) is 20.6. The number of carbonyl (C=O) groups excluding carboxylic acids is 3. The van der Waals surface area contributed by atoms with Crippen molar-refractivity contribution in [2.45, 2.75) is 31.6 Å². The van der Waals surface area contributed by atoms with Crippen molar-refractivity contribution in [3.8, 4) is 0 Å². The molecule has 1 fully saturated rings. The van der Waals surface area contributed by atoms with Gasteiger partial charge < -0.3 is 9.73 Å². The van der Waals surface area contributed by atoms with Crippen molar-refractivity contribution < 1.29 is 18.8 Å². The normalized spacial score (nSPS) is 19.2. The van der Waals surface area contributed by atoms with Gasteiger partial charge in [-0.05, 0) is 54.8 Å². The summed E-state index contributed by atoms with van der Waals surface area (Å²) in [5, 5.41) is 6.55. The summed E-state index contributed by atoms with van der Waals surface area (Å²) in [5.41, 5.74) is 1.25. The standard InChI is InChI=1S/C22H19ClN2O4/c1-2-22(10-9-19(26)25-21(22)28)14-3-6-16(7-4-14)24-20(27)18-12-13-11-15(23)5-8-17(13)29-18/h3-8,11-12H,2,9-10H2,1H3,(H,24,27)(H,25,26,28). The van der Waals surface area contributed by atoms with Gasteiger partial charge in [0, 0.05) is 22.5 Å². The van der Waals surface area contributed by atoms with Gasteiger partial charge in [-0.1, -0.05) is 30.7 Å². The number of nitrogens with one attached hydrogen (secondary N) is 2. The van der Waals surface area contributed by atoms with Crippen molar-refractivity contribution >= 4 is 46.0 Å². The molecule has 1 aliphatic heterocycles. The second kappa shape index (κ2) is 7.37. The first-order valence-corrected chi connectivity index (χ1v) is 9.74. The lowest BCUT2D eigenvalue weighted by Crippen LogP contribution is -2.51. The van der Waals surface area contributed by atoms with Gasteiger partial charge in [0.05, 0.1) is 5.41 Å². The fraction of sp³-hybridized carbons (Fsp3) is 0.227. The minimum absolute atomic E-state index is 0.182. The summed E-state index contributed by atoms with van der Waals surface area (Å²) in [6.45, 7) is 1.93. The van der Waals surface area contributed by atoms with Crippen LogP contribution < -0.4 is 10.6 Å². The summed E-state index contributed by atoms with van der Waals surface area (Å²) in [6.07, 6.45) is 1.37. The highest BCUT2D eigenvalue weighted by Gasteiger charge is 2.42. The van der Waals surface area contributed by atoms with Gasteiger partial charge in [0.1, 0.15) is 5.58 Å². The van der Waals surface area contributed by atoms with Crippen LogP contribution in [-0.2, 0) is 15.0 Å². The molecule has 4 rings (SSSR count). The second-order valence-electron chi connectivity index (χ2n) is 7.14. The molecule has 0 bridgehead atoms. The molecular weight excluding hydrogens is 392 g/mol. The Labute approximate surface area is 172 Å². The Kier molecular flexibility index (Phi) is 4.88. The highest BCUT2D eigenvalue weighted by atomic mass is 35.5. The van der Waals surface area contributed by atoms with E-state index in [9.17, 15) is 14.4 Å². The second-order valence-corrected chi connectivity index (χ2v) is 7.57. The van der Waals surface area contributed by atoms with Crippen molar-refractivity contribution in [2.75, 3.05) is 5.32 Å². The highest BCUT2D eigenvalue weighted by molar-refractivity contribution is 6.31. The van der Waals surface area contributed by atoms with E-state index in [1.54, 1.807) is 36.4 Å². The Balaban J connectivity index is 1.53. The topological polar surface area (TPSA) is 88.4 Å². The van der Waals surface area contributed by atoms with Gasteiger partial charge in [0.2, 0.25) is 11.8 Å². The largest absolute Gasteiger partial charge is 0.451 e. The van der Waals surface area contributed by atoms with Gasteiger partial charge in [-0.3, -0.25) is 19.7 Å². The maximum atomic E-state index is 12.5. The van der Waals surface area contributed by atoms with Crippen LogP contribution in [0.3, 0.4) is 0 Å². The summed E-state index contributed by atoms with van der Waals surface area (Å²) in [4.78, 5) is 36.5. The quantitative estimate of drug-likeness (QED) is 0.623. The molecule has 7 heteroatoms. The molecule has 1 saturated heterocycles. The summed E-state index contributed by atoms with van der Waals surface area (Å²) >= 11 is 5.97. The molecule has 29 heavy (non-hydrogen) atoms. The smallest absolute Gasteiger partial charge is 0.291 e. The zero-order valence-corrected chi connectivity index (χ0v) is 16.5. The predicted molar refractivity (Wildman–Crippen MR) is 110 cm³/mol. The van der Waals surface area contributed by atoms with Crippen molar-refractivity contribution in [3.05, 3.63) is 64.9 Å². The fourth-order valence-corrected chi connectivity index (χ4v) is 3.94. The van der Waals surface area contributed by atoms with Gasteiger partial charge >= 0.3 is 0 Å². The molecule has 2 N–H and O–H groups in total. The Morgan fingerprint density at radius 2 is 1.93 bits per heavy atom. The molecule has 0 aliphatic carbocycles. The molecule has 0 saturated carbocycles. The van der Waals surface area contributed by atoms with Crippen LogP contribution >= 0.6 is 11.6 Å². The lowest BCUT2D eigenvalue weighted by molar-refractivity contribution is -0.138. The lowest BCUT2D eigenvalue weighted by Gasteiger charge is -2.35. The fourth-order valence-electron chi connectivity index (χ4n) is 3.76. The maximum Gasteiger partial charge on any atom is 0.291 e. The van der Waals surface area contributed by atoms with E-state index in [2.05, 4.69) is 10.6 Å². The number of piperidine rings is 1. The zero-order valence-electron chi connectivity index (χ0n) is 15.8. The minimum Gasteiger partial charge on any atom is -0.451 e. The molecule has 0 spiro atoms. The molecule has 148 valence electrons. The molecule has 1 aromatic heterocycles. The van der Waals surface area contributed by atoms with Crippen LogP contribution in [0.15, 0.2) is 52.9 Å². The van der Waals surface area contributed by atoms with E-state index in [-0.39, 0.29) is 23.5 Å². The van der Waals surface area contributed by atoms with E-state index >= 15 is 0 Å². The number of fused-ring (bicyclic) bond motifs is 1. The number of hydrogen-bond donors (Lipinski definition) is 2. The van der Waals surface area contributed by atoms with Gasteiger partial charge in [0.15, 0.2) is 5.76 Å². The van der Waals surface area contributed by atoms with E-state index in [1.807, 2.05) is 19.1 Å². The van der Waals surface area contributed by atoms with Crippen molar-refractivity contribution in [1.82, 2.24) is 5.32 Å². The molecule has 6 nitrogen and oxygen atoms in total. The summed E-state index contributed by atoms with van der Waals surface area (Å²) < 4.78 is 5.58. The SMILES string of the molecule is CCC1(c2ccc(NC(=O)c3cc4cc(Cl)ccc4o3)cc2)CCC(=O)NC1=O. The van der Waals surface area contributed by atoms with Gasteiger partial charge in [0.25, 0.3) is 5.91 Å². The molecule has 0 radical (unpaired) electrons. The first-order chi connectivity index (χ1) is 13.9. The van der Waals surface area contributed by atoms with Crippen molar-refractivity contribution in [2.24, 2.45) is 0 Å². The molecule has 1 unspecified atom stereocenters. The number of imide groups is 1. The summed E-state index contributed by atoms with van der Waals surface area (Å²) in [7, 11) is 0. The Morgan fingerprint density at radius 1 is 1.17 bits per heavy atom. The number of halogens is 1. The lowest BCUT2D eigenvalue weighted by atomic mass is 9.72. The third-order valence-electron chi connectivity index (χ3n) is 5.47. The van der Waals surface area contributed by atoms with Crippen LogP contribution in [0.1, 0.15) is 42.3 Å². The van der Waals surface area contributed by atoms with E-state index in [4.69, 9.17) is 16.0 Å². The number of rotatable bonds is 4. The third-order valence-corrected chi connectivity index (χ3v) is 5.70. The average Bonchev–Trinajstić information content (AvgIpc) is 3.13. The molecule has 3 aromatic rings. The van der Waals surface area contributed by atoms with Crippen molar-refractivity contribution in [3.63, 3.8) is 0 Å². The molecule has 1 aliphatic rings. The molecule has 1 atom stereocenters. The number of furan rings is 1. The molecular formula is C22H19ClN2O4. The van der Waals surface area contributed by atoms with Crippen LogP contribution in [-0.4, -0.2) is 17.7 Å². The summed E-state index contributed by atoms with van der Waals surface area (Å²) in [5.74, 6) is -0.707. The van der Waals surface area contributed by atoms with Crippen LogP contribution in [0.2, 0.25) is 5.02 Å². The van der Waals surface area contributed by atoms with E-state index in [0.717, 1.165) is 10.9 Å². The molecule has 2 heterocycles. The number of benzene rings is 2. The van der Waals surface area contributed by atoms with Gasteiger partial charge in [-0.2, -0.15) is 0 Å². The van der Waals surface area contributed by atoms with Crippen molar-refractivity contribution in [1.29, 1.82) is 0 Å². The van der Waals surface area contributed by atoms with Crippen LogP contribution in [0.25, 0.3) is 11.0 Å². The number of anilines is 1. The van der Waals surface area contributed by atoms with Gasteiger partial charge in [-0.25, -0.2) is 0 Å².